The van der Waals surface area contributed by atoms with Crippen molar-refractivity contribution in [3.8, 4) is 11.3 Å². The van der Waals surface area contributed by atoms with Gasteiger partial charge in [0.1, 0.15) is 0 Å². The second-order valence-electron chi connectivity index (χ2n) is 7.51. The van der Waals surface area contributed by atoms with Gasteiger partial charge in [-0.15, -0.1) is 0 Å². The minimum Gasteiger partial charge on any atom is -0.256 e. The summed E-state index contributed by atoms with van der Waals surface area (Å²) in [5, 5.41) is 0. The lowest BCUT2D eigenvalue weighted by atomic mass is 9.79. The van der Waals surface area contributed by atoms with Gasteiger partial charge in [-0.2, -0.15) is 0 Å². The van der Waals surface area contributed by atoms with E-state index in [0.717, 1.165) is 5.69 Å². The number of nitrogens with zero attached hydrogens (tertiary/aromatic N) is 1. The Bertz CT molecular complexity index is 551. The second-order valence-corrected chi connectivity index (χ2v) is 7.51. The molecule has 0 aliphatic carbocycles. The summed E-state index contributed by atoms with van der Waals surface area (Å²) >= 11 is 0. The molecular weight excluding hydrogens is 242 g/mol. The molecule has 0 spiro atoms. The van der Waals surface area contributed by atoms with Gasteiger partial charge in [-0.05, 0) is 46.2 Å². The highest BCUT2D eigenvalue weighted by Crippen LogP contribution is 2.33. The Morgan fingerprint density at radius 3 is 1.70 bits per heavy atom. The number of hydrogen-bond donors (Lipinski definition) is 0. The molecule has 0 atom stereocenters. The van der Waals surface area contributed by atoms with Crippen molar-refractivity contribution in [2.24, 2.45) is 0 Å². The molecule has 1 heterocycles. The third kappa shape index (κ3) is 3.27. The first-order valence-electron chi connectivity index (χ1n) is 7.25. The highest BCUT2D eigenvalue weighted by Gasteiger charge is 2.20. The van der Waals surface area contributed by atoms with Gasteiger partial charge in [0.2, 0.25) is 0 Å². The van der Waals surface area contributed by atoms with Crippen LogP contribution in [0.25, 0.3) is 11.3 Å². The van der Waals surface area contributed by atoms with E-state index in [4.69, 9.17) is 0 Å². The van der Waals surface area contributed by atoms with Crippen LogP contribution in [0.3, 0.4) is 0 Å². The average Bonchev–Trinajstić information content (AvgIpc) is 2.37. The predicted octanol–water partition coefficient (Wildman–Crippen LogP) is 5.34. The Balaban J connectivity index is 2.64. The van der Waals surface area contributed by atoms with Crippen molar-refractivity contribution in [2.75, 3.05) is 0 Å². The van der Waals surface area contributed by atoms with E-state index in [1.54, 1.807) is 0 Å². The quantitative estimate of drug-likeness (QED) is 0.679. The molecule has 2 rings (SSSR count). The molecule has 20 heavy (non-hydrogen) atoms. The van der Waals surface area contributed by atoms with Crippen LogP contribution in [0.15, 0.2) is 42.6 Å². The summed E-state index contributed by atoms with van der Waals surface area (Å²) in [6.45, 7) is 13.6. The summed E-state index contributed by atoms with van der Waals surface area (Å²) in [6, 6.07) is 13.0. The first-order chi connectivity index (χ1) is 9.18. The zero-order valence-electron chi connectivity index (χ0n) is 13.5. The molecule has 0 saturated carbocycles. The fraction of sp³-hybridized carbons (Fsp3) is 0.421. The van der Waals surface area contributed by atoms with Gasteiger partial charge in [-0.25, -0.2) is 0 Å². The number of rotatable bonds is 1. The van der Waals surface area contributed by atoms with Gasteiger partial charge in [0.15, 0.2) is 0 Å². The molecule has 0 bridgehead atoms. The molecule has 1 aromatic carbocycles. The summed E-state index contributed by atoms with van der Waals surface area (Å²) in [4.78, 5) is 4.50. The Morgan fingerprint density at radius 2 is 1.30 bits per heavy atom. The van der Waals surface area contributed by atoms with Crippen molar-refractivity contribution >= 4 is 0 Å². The fourth-order valence-electron chi connectivity index (χ4n) is 2.18. The highest BCUT2D eigenvalue weighted by atomic mass is 14.7. The number of pyridine rings is 1. The van der Waals surface area contributed by atoms with Crippen LogP contribution < -0.4 is 0 Å². The second kappa shape index (κ2) is 5.05. The maximum Gasteiger partial charge on any atom is 0.0702 e. The molecule has 0 aliphatic heterocycles. The van der Waals surface area contributed by atoms with E-state index in [0.29, 0.717) is 0 Å². The largest absolute Gasteiger partial charge is 0.256 e. The standard InChI is InChI=1S/C19H25N/c1-18(2,3)15-11-14(17-9-7-8-10-20-17)12-16(13-15)19(4,5)6/h7-13H,1-6H3. The molecule has 0 unspecified atom stereocenters. The highest BCUT2D eigenvalue weighted by molar-refractivity contribution is 5.62. The van der Waals surface area contributed by atoms with Crippen LogP contribution in [0.5, 0.6) is 0 Å². The molecule has 1 aromatic heterocycles. The summed E-state index contributed by atoms with van der Waals surface area (Å²) in [5.41, 5.74) is 5.28. The van der Waals surface area contributed by atoms with Gasteiger partial charge in [-0.1, -0.05) is 53.7 Å². The zero-order chi connectivity index (χ0) is 15.0. The maximum absolute atomic E-state index is 4.50. The van der Waals surface area contributed by atoms with Crippen LogP contribution in [0.1, 0.15) is 52.7 Å². The fourth-order valence-corrected chi connectivity index (χ4v) is 2.18. The SMILES string of the molecule is CC(C)(C)c1cc(-c2ccccn2)cc(C(C)(C)C)c1. The van der Waals surface area contributed by atoms with Gasteiger partial charge in [0, 0.05) is 11.8 Å². The minimum absolute atomic E-state index is 0.144. The molecule has 0 aliphatic rings. The van der Waals surface area contributed by atoms with Gasteiger partial charge in [0.05, 0.1) is 5.69 Å². The molecule has 0 amide bonds. The lowest BCUT2D eigenvalue weighted by Gasteiger charge is -2.26. The van der Waals surface area contributed by atoms with Crippen LogP contribution in [0, 0.1) is 0 Å². The van der Waals surface area contributed by atoms with Crippen molar-refractivity contribution in [3.63, 3.8) is 0 Å². The third-order valence-electron chi connectivity index (χ3n) is 3.63. The smallest absolute Gasteiger partial charge is 0.0702 e. The molecule has 0 N–H and O–H groups in total. The minimum atomic E-state index is 0.144. The Labute approximate surface area is 123 Å². The predicted molar refractivity (Wildman–Crippen MR) is 87.1 cm³/mol. The Hall–Kier alpha value is -1.63. The van der Waals surface area contributed by atoms with Gasteiger partial charge in [-0.3, -0.25) is 4.98 Å². The van der Waals surface area contributed by atoms with Crippen LogP contribution in [0.2, 0.25) is 0 Å². The van der Waals surface area contributed by atoms with Crippen molar-refractivity contribution in [3.05, 3.63) is 53.7 Å². The van der Waals surface area contributed by atoms with E-state index in [-0.39, 0.29) is 10.8 Å². The van der Waals surface area contributed by atoms with Crippen molar-refractivity contribution < 1.29 is 0 Å². The van der Waals surface area contributed by atoms with E-state index in [2.05, 4.69) is 70.8 Å². The summed E-state index contributed by atoms with van der Waals surface area (Å²) in [6.07, 6.45) is 1.86. The zero-order valence-corrected chi connectivity index (χ0v) is 13.5. The maximum atomic E-state index is 4.50. The lowest BCUT2D eigenvalue weighted by Crippen LogP contribution is -2.16. The van der Waals surface area contributed by atoms with Gasteiger partial charge < -0.3 is 0 Å². The van der Waals surface area contributed by atoms with Gasteiger partial charge >= 0.3 is 0 Å². The van der Waals surface area contributed by atoms with Crippen LogP contribution >= 0.6 is 0 Å². The molecule has 2 aromatic rings. The van der Waals surface area contributed by atoms with Crippen molar-refractivity contribution in [1.82, 2.24) is 4.98 Å². The summed E-state index contributed by atoms with van der Waals surface area (Å²) in [5.74, 6) is 0. The normalized spacial score (nSPS) is 12.5. The molecule has 0 fully saturated rings. The average molecular weight is 267 g/mol. The first-order valence-corrected chi connectivity index (χ1v) is 7.25. The molecule has 106 valence electrons. The topological polar surface area (TPSA) is 12.9 Å². The Morgan fingerprint density at radius 1 is 0.750 bits per heavy atom. The van der Waals surface area contributed by atoms with E-state index >= 15 is 0 Å². The molecule has 1 nitrogen and oxygen atoms in total. The van der Waals surface area contributed by atoms with Crippen molar-refractivity contribution in [2.45, 2.75) is 52.4 Å². The molecule has 0 saturated heterocycles. The van der Waals surface area contributed by atoms with Crippen LogP contribution in [-0.2, 0) is 10.8 Å². The number of hydrogen-bond acceptors (Lipinski definition) is 1. The summed E-state index contributed by atoms with van der Waals surface area (Å²) < 4.78 is 0. The first kappa shape index (κ1) is 14.8. The lowest BCUT2D eigenvalue weighted by molar-refractivity contribution is 0.569. The van der Waals surface area contributed by atoms with Crippen LogP contribution in [-0.4, -0.2) is 4.98 Å². The van der Waals surface area contributed by atoms with Crippen molar-refractivity contribution in [1.29, 1.82) is 0 Å². The van der Waals surface area contributed by atoms with E-state index in [9.17, 15) is 0 Å². The molecule has 1 heteroatoms. The monoisotopic (exact) mass is 267 g/mol. The van der Waals surface area contributed by atoms with Crippen LogP contribution in [0.4, 0.5) is 0 Å². The third-order valence-corrected chi connectivity index (χ3v) is 3.63. The molecule has 0 radical (unpaired) electrons. The number of aromatic nitrogens is 1. The van der Waals surface area contributed by atoms with E-state index in [1.807, 2.05) is 18.3 Å². The Kier molecular flexibility index (Phi) is 3.73. The number of benzene rings is 1. The van der Waals surface area contributed by atoms with E-state index < -0.39 is 0 Å². The van der Waals surface area contributed by atoms with Gasteiger partial charge in [0.25, 0.3) is 0 Å². The summed E-state index contributed by atoms with van der Waals surface area (Å²) in [7, 11) is 0. The molecular formula is C19H25N. The van der Waals surface area contributed by atoms with E-state index in [1.165, 1.54) is 16.7 Å².